The number of benzene rings is 3. The number of carbonyl (C=O) groups is 2. The Balaban J connectivity index is 1.50. The second-order valence-electron chi connectivity index (χ2n) is 8.01. The van der Waals surface area contributed by atoms with Gasteiger partial charge in [-0.1, -0.05) is 47.5 Å². The van der Waals surface area contributed by atoms with Crippen LogP contribution >= 0.6 is 0 Å². The van der Waals surface area contributed by atoms with Crippen LogP contribution in [-0.4, -0.2) is 25.6 Å². The van der Waals surface area contributed by atoms with Crippen LogP contribution in [0.3, 0.4) is 0 Å². The molecule has 0 fully saturated rings. The van der Waals surface area contributed by atoms with Crippen molar-refractivity contribution < 1.29 is 23.5 Å². The smallest absolute Gasteiger partial charge is 0.339 e. The van der Waals surface area contributed by atoms with E-state index in [0.717, 1.165) is 33.4 Å². The normalized spacial score (nSPS) is 10.6. The van der Waals surface area contributed by atoms with Crippen molar-refractivity contribution in [2.24, 2.45) is 0 Å². The molecule has 34 heavy (non-hydrogen) atoms. The number of esters is 1. The molecule has 4 rings (SSSR count). The van der Waals surface area contributed by atoms with Gasteiger partial charge in [0.25, 0.3) is 5.91 Å². The summed E-state index contributed by atoms with van der Waals surface area (Å²) < 4.78 is 15.7. The minimum absolute atomic E-state index is 0.214. The van der Waals surface area contributed by atoms with E-state index in [1.54, 1.807) is 30.7 Å². The van der Waals surface area contributed by atoms with Crippen molar-refractivity contribution in [1.29, 1.82) is 0 Å². The van der Waals surface area contributed by atoms with Gasteiger partial charge in [-0.15, -0.1) is 0 Å². The summed E-state index contributed by atoms with van der Waals surface area (Å²) in [5.74, 6) is -0.375. The Morgan fingerprint density at radius 3 is 2.32 bits per heavy atom. The molecule has 0 radical (unpaired) electrons. The monoisotopic (exact) mass is 455 g/mol. The predicted molar refractivity (Wildman–Crippen MR) is 131 cm³/mol. The summed E-state index contributed by atoms with van der Waals surface area (Å²) in [6, 6.07) is 20.7. The zero-order valence-electron chi connectivity index (χ0n) is 19.3. The Hall–Kier alpha value is -4.32. The number of anilines is 1. The summed E-state index contributed by atoms with van der Waals surface area (Å²) >= 11 is 0. The molecule has 0 saturated heterocycles. The Morgan fingerprint density at radius 1 is 0.853 bits per heavy atom. The molecule has 0 bridgehead atoms. The lowest BCUT2D eigenvalue weighted by molar-refractivity contribution is -0.118. The summed E-state index contributed by atoms with van der Waals surface area (Å²) in [5, 5.41) is 2.76. The summed E-state index contributed by atoms with van der Waals surface area (Å²) in [5.41, 5.74) is 6.57. The van der Waals surface area contributed by atoms with Gasteiger partial charge in [0.05, 0.1) is 30.9 Å². The lowest BCUT2D eigenvalue weighted by Crippen LogP contribution is -2.21. The highest BCUT2D eigenvalue weighted by atomic mass is 16.5. The van der Waals surface area contributed by atoms with E-state index in [9.17, 15) is 9.59 Å². The number of hydrogen-bond donors (Lipinski definition) is 1. The fourth-order valence-corrected chi connectivity index (χ4v) is 3.78. The molecule has 1 aromatic heterocycles. The number of amides is 1. The van der Waals surface area contributed by atoms with Gasteiger partial charge in [-0.05, 0) is 60.9 Å². The third-order valence-corrected chi connectivity index (χ3v) is 5.31. The molecule has 0 aliphatic carbocycles. The molecule has 1 heterocycles. The number of hydrogen-bond acceptors (Lipinski definition) is 5. The van der Waals surface area contributed by atoms with Gasteiger partial charge >= 0.3 is 5.97 Å². The number of rotatable bonds is 7. The summed E-state index contributed by atoms with van der Waals surface area (Å²) in [6.45, 7) is 3.84. The first-order chi connectivity index (χ1) is 16.4. The molecule has 172 valence electrons. The molecule has 0 saturated carbocycles. The molecule has 0 aliphatic rings. The standard InChI is InChI=1S/C28H25NO5/c1-18-11-19(2)13-23(12-18)21-7-8-26(25(15-21)28(31)32-3)29-27(30)17-34-24-6-4-5-20(14-24)22-9-10-33-16-22/h4-16H,17H2,1-3H3,(H,29,30). The molecule has 0 unspecified atom stereocenters. The van der Waals surface area contributed by atoms with Gasteiger partial charge in [0.15, 0.2) is 6.61 Å². The largest absolute Gasteiger partial charge is 0.484 e. The second-order valence-corrected chi connectivity index (χ2v) is 8.01. The Labute approximate surface area is 198 Å². The molecule has 0 aliphatic heterocycles. The van der Waals surface area contributed by atoms with E-state index in [0.29, 0.717) is 11.4 Å². The molecule has 6 nitrogen and oxygen atoms in total. The molecule has 4 aromatic rings. The van der Waals surface area contributed by atoms with E-state index in [4.69, 9.17) is 13.9 Å². The van der Waals surface area contributed by atoms with Crippen LogP contribution in [0, 0.1) is 13.8 Å². The van der Waals surface area contributed by atoms with E-state index in [1.807, 2.05) is 56.3 Å². The summed E-state index contributed by atoms with van der Waals surface area (Å²) in [6.07, 6.45) is 3.24. The molecule has 0 atom stereocenters. The minimum Gasteiger partial charge on any atom is -0.484 e. The number of aryl methyl sites for hydroxylation is 2. The van der Waals surface area contributed by atoms with Crippen LogP contribution in [-0.2, 0) is 9.53 Å². The highest BCUT2D eigenvalue weighted by molar-refractivity contribution is 6.02. The van der Waals surface area contributed by atoms with E-state index in [2.05, 4.69) is 11.4 Å². The van der Waals surface area contributed by atoms with Gasteiger partial charge < -0.3 is 19.2 Å². The Kier molecular flexibility index (Phi) is 6.78. The molecular formula is C28H25NO5. The third-order valence-electron chi connectivity index (χ3n) is 5.31. The topological polar surface area (TPSA) is 77.8 Å². The zero-order valence-corrected chi connectivity index (χ0v) is 19.3. The van der Waals surface area contributed by atoms with Crippen molar-refractivity contribution in [3.05, 3.63) is 95.9 Å². The summed E-state index contributed by atoms with van der Waals surface area (Å²) in [4.78, 5) is 25.1. The predicted octanol–water partition coefficient (Wildman–Crippen LogP) is 6.03. The Morgan fingerprint density at radius 2 is 1.62 bits per heavy atom. The third kappa shape index (κ3) is 5.35. The Bertz CT molecular complexity index is 1300. The quantitative estimate of drug-likeness (QED) is 0.344. The van der Waals surface area contributed by atoms with Crippen LogP contribution < -0.4 is 10.1 Å². The molecule has 6 heteroatoms. The van der Waals surface area contributed by atoms with Crippen LogP contribution in [0.2, 0.25) is 0 Å². The van der Waals surface area contributed by atoms with E-state index in [-0.39, 0.29) is 12.2 Å². The number of ether oxygens (including phenoxy) is 2. The average molecular weight is 456 g/mol. The van der Waals surface area contributed by atoms with Crippen LogP contribution in [0.1, 0.15) is 21.5 Å². The fourth-order valence-electron chi connectivity index (χ4n) is 3.78. The lowest BCUT2D eigenvalue weighted by atomic mass is 9.98. The maximum absolute atomic E-state index is 12.6. The van der Waals surface area contributed by atoms with Gasteiger partial charge in [0.1, 0.15) is 5.75 Å². The van der Waals surface area contributed by atoms with Crippen molar-refractivity contribution in [2.45, 2.75) is 13.8 Å². The molecule has 3 aromatic carbocycles. The molecule has 1 amide bonds. The second kappa shape index (κ2) is 10.1. The van der Waals surface area contributed by atoms with Crippen LogP contribution in [0.5, 0.6) is 5.75 Å². The van der Waals surface area contributed by atoms with Crippen molar-refractivity contribution in [3.63, 3.8) is 0 Å². The minimum atomic E-state index is -0.532. The summed E-state index contributed by atoms with van der Waals surface area (Å²) in [7, 11) is 1.31. The zero-order chi connectivity index (χ0) is 24.1. The van der Waals surface area contributed by atoms with Crippen molar-refractivity contribution in [3.8, 4) is 28.0 Å². The highest BCUT2D eigenvalue weighted by Crippen LogP contribution is 2.28. The van der Waals surface area contributed by atoms with Crippen LogP contribution in [0.4, 0.5) is 5.69 Å². The first kappa shape index (κ1) is 22.9. The molecular weight excluding hydrogens is 430 g/mol. The maximum atomic E-state index is 12.6. The maximum Gasteiger partial charge on any atom is 0.339 e. The van der Waals surface area contributed by atoms with E-state index < -0.39 is 11.9 Å². The fraction of sp³-hybridized carbons (Fsp3) is 0.143. The number of methoxy groups -OCH3 is 1. The van der Waals surface area contributed by atoms with Gasteiger partial charge in [-0.2, -0.15) is 0 Å². The van der Waals surface area contributed by atoms with Gasteiger partial charge in [-0.25, -0.2) is 4.79 Å². The number of carbonyl (C=O) groups excluding carboxylic acids is 2. The SMILES string of the molecule is COC(=O)c1cc(-c2cc(C)cc(C)c2)ccc1NC(=O)COc1cccc(-c2ccoc2)c1. The van der Waals surface area contributed by atoms with Gasteiger partial charge in [0, 0.05) is 5.56 Å². The molecule has 1 N–H and O–H groups in total. The van der Waals surface area contributed by atoms with Crippen molar-refractivity contribution in [1.82, 2.24) is 0 Å². The number of nitrogens with one attached hydrogen (secondary N) is 1. The molecule has 0 spiro atoms. The van der Waals surface area contributed by atoms with Gasteiger partial charge in [0.2, 0.25) is 0 Å². The highest BCUT2D eigenvalue weighted by Gasteiger charge is 2.16. The van der Waals surface area contributed by atoms with Crippen LogP contribution in [0.25, 0.3) is 22.3 Å². The van der Waals surface area contributed by atoms with Crippen LogP contribution in [0.15, 0.2) is 83.7 Å². The lowest BCUT2D eigenvalue weighted by Gasteiger charge is -2.13. The first-order valence-electron chi connectivity index (χ1n) is 10.8. The van der Waals surface area contributed by atoms with E-state index >= 15 is 0 Å². The number of furan rings is 1. The van der Waals surface area contributed by atoms with Crippen molar-refractivity contribution in [2.75, 3.05) is 19.0 Å². The van der Waals surface area contributed by atoms with Gasteiger partial charge in [-0.3, -0.25) is 4.79 Å². The van der Waals surface area contributed by atoms with Crippen molar-refractivity contribution >= 4 is 17.6 Å². The van der Waals surface area contributed by atoms with E-state index in [1.165, 1.54) is 7.11 Å². The average Bonchev–Trinajstić information content (AvgIpc) is 3.37. The first-order valence-corrected chi connectivity index (χ1v) is 10.8.